The van der Waals surface area contributed by atoms with E-state index in [0.717, 1.165) is 0 Å². The number of rotatable bonds is 9. The van der Waals surface area contributed by atoms with Crippen molar-refractivity contribution in [2.45, 2.75) is 18.3 Å². The highest BCUT2D eigenvalue weighted by Crippen LogP contribution is 2.56. The summed E-state index contributed by atoms with van der Waals surface area (Å²) in [5.74, 6) is 0. The van der Waals surface area contributed by atoms with Crippen LogP contribution >= 0.6 is 7.82 Å². The van der Waals surface area contributed by atoms with Crippen LogP contribution in [0.3, 0.4) is 0 Å². The molecule has 2 aliphatic heterocycles. The lowest BCUT2D eigenvalue weighted by Gasteiger charge is -2.21. The summed E-state index contributed by atoms with van der Waals surface area (Å²) in [6.07, 6.45) is -1.57. The Kier molecular flexibility index (Phi) is 4.86. The monoisotopic (exact) mass is 366 g/mol. The molecule has 1 aromatic carbocycles. The van der Waals surface area contributed by atoms with E-state index >= 15 is 0 Å². The molecule has 11 heteroatoms. The lowest BCUT2D eigenvalue weighted by Crippen LogP contribution is -2.15. The van der Waals surface area contributed by atoms with Crippen molar-refractivity contribution in [1.82, 2.24) is 0 Å². The smallest absolute Gasteiger partial charge is 0.371 e. The zero-order valence-corrected chi connectivity index (χ0v) is 13.5. The number of hydrogen-bond donors (Lipinski definition) is 1. The Bertz CT molecular complexity index is 684. The van der Waals surface area contributed by atoms with E-state index in [1.54, 1.807) is 30.3 Å². The molecule has 0 spiro atoms. The summed E-state index contributed by atoms with van der Waals surface area (Å²) in [5, 5.41) is 0. The fourth-order valence-corrected chi connectivity index (χ4v) is 4.06. The Hall–Kier alpha value is -0.840. The number of epoxide rings is 2. The first-order chi connectivity index (χ1) is 10.8. The van der Waals surface area contributed by atoms with Gasteiger partial charge in [-0.25, -0.2) is 4.57 Å². The number of ether oxygens (including phenoxy) is 2. The molecule has 1 N–H and O–H groups in total. The van der Waals surface area contributed by atoms with Gasteiger partial charge >= 0.3 is 18.2 Å². The van der Waals surface area contributed by atoms with Crippen molar-refractivity contribution in [1.29, 1.82) is 0 Å². The van der Waals surface area contributed by atoms with Crippen molar-refractivity contribution in [3.63, 3.8) is 0 Å². The first-order valence-corrected chi connectivity index (χ1v) is 9.57. The standard InChI is InChI=1S/C12H15O9PS/c13-22(21-23(14,15)16,19-7-10-6-17-10)20-12(11-8-18-11)9-4-2-1-3-5-9/h1-5,10-12H,6-8H2,(H,14,15,16). The Morgan fingerprint density at radius 3 is 2.43 bits per heavy atom. The number of phosphoric ester groups is 1. The molecule has 2 saturated heterocycles. The van der Waals surface area contributed by atoms with E-state index in [1.165, 1.54) is 0 Å². The van der Waals surface area contributed by atoms with Gasteiger partial charge in [0.25, 0.3) is 0 Å². The maximum absolute atomic E-state index is 12.6. The Morgan fingerprint density at radius 1 is 1.26 bits per heavy atom. The quantitative estimate of drug-likeness (QED) is 0.393. The van der Waals surface area contributed by atoms with Crippen molar-refractivity contribution in [2.24, 2.45) is 0 Å². The van der Waals surface area contributed by atoms with Crippen LogP contribution in [-0.2, 0) is 37.5 Å². The minimum Gasteiger partial charge on any atom is -0.371 e. The molecular weight excluding hydrogens is 351 g/mol. The molecular formula is C12H15O9PS. The van der Waals surface area contributed by atoms with Crippen LogP contribution in [-0.4, -0.2) is 45.0 Å². The lowest BCUT2D eigenvalue weighted by molar-refractivity contribution is 0.0853. The average molecular weight is 366 g/mol. The van der Waals surface area contributed by atoms with Gasteiger partial charge in [-0.2, -0.15) is 8.42 Å². The summed E-state index contributed by atoms with van der Waals surface area (Å²) in [6, 6.07) is 8.66. The van der Waals surface area contributed by atoms with Crippen molar-refractivity contribution in [3.05, 3.63) is 35.9 Å². The molecule has 4 atom stereocenters. The molecule has 2 fully saturated rings. The van der Waals surface area contributed by atoms with E-state index < -0.39 is 30.4 Å². The first kappa shape index (κ1) is 17.0. The molecule has 128 valence electrons. The van der Waals surface area contributed by atoms with Gasteiger partial charge in [0.05, 0.1) is 19.8 Å². The van der Waals surface area contributed by atoms with Gasteiger partial charge < -0.3 is 9.47 Å². The SMILES string of the molecule is O=P(OCC1CO1)(OC(c1ccccc1)C1CO1)OS(=O)(=O)O. The topological polar surface area (TPSA) is 124 Å². The predicted octanol–water partition coefficient (Wildman–Crippen LogP) is 1.49. The molecule has 2 heterocycles. The van der Waals surface area contributed by atoms with E-state index in [0.29, 0.717) is 18.8 Å². The third-order valence-electron chi connectivity index (χ3n) is 3.07. The van der Waals surface area contributed by atoms with E-state index in [-0.39, 0.29) is 12.7 Å². The molecule has 23 heavy (non-hydrogen) atoms. The van der Waals surface area contributed by atoms with Gasteiger partial charge in [0.15, 0.2) is 0 Å². The summed E-state index contributed by atoms with van der Waals surface area (Å²) in [7, 11) is -9.63. The number of phosphoric acid groups is 1. The van der Waals surface area contributed by atoms with Crippen LogP contribution < -0.4 is 0 Å². The average Bonchev–Trinajstić information content (AvgIpc) is 3.36. The van der Waals surface area contributed by atoms with Crippen LogP contribution in [0.5, 0.6) is 0 Å². The van der Waals surface area contributed by atoms with Crippen LogP contribution in [0.25, 0.3) is 0 Å². The van der Waals surface area contributed by atoms with Crippen molar-refractivity contribution in [2.75, 3.05) is 19.8 Å². The van der Waals surface area contributed by atoms with Gasteiger partial charge in [-0.3, -0.25) is 13.6 Å². The fraction of sp³-hybridized carbons (Fsp3) is 0.500. The molecule has 2 aliphatic rings. The van der Waals surface area contributed by atoms with Gasteiger partial charge in [0.2, 0.25) is 0 Å². The van der Waals surface area contributed by atoms with Gasteiger partial charge in [-0.05, 0) is 5.56 Å². The molecule has 0 aliphatic carbocycles. The Morgan fingerprint density at radius 2 is 1.91 bits per heavy atom. The summed E-state index contributed by atoms with van der Waals surface area (Å²) >= 11 is 0. The third kappa shape index (κ3) is 5.33. The second kappa shape index (κ2) is 6.58. The van der Waals surface area contributed by atoms with Crippen LogP contribution in [0.4, 0.5) is 0 Å². The van der Waals surface area contributed by atoms with E-state index in [4.69, 9.17) is 23.1 Å². The van der Waals surface area contributed by atoms with E-state index in [1.807, 2.05) is 0 Å². The molecule has 1 aromatic rings. The normalized spacial score (nSPS) is 27.2. The molecule has 0 amide bonds. The lowest BCUT2D eigenvalue weighted by atomic mass is 10.1. The van der Waals surface area contributed by atoms with Crippen LogP contribution in [0.1, 0.15) is 11.7 Å². The van der Waals surface area contributed by atoms with E-state index in [9.17, 15) is 13.0 Å². The maximum Gasteiger partial charge on any atom is 0.492 e. The summed E-state index contributed by atoms with van der Waals surface area (Å²) in [6.45, 7) is 0.580. The van der Waals surface area contributed by atoms with E-state index in [2.05, 4.69) is 3.97 Å². The fourth-order valence-electron chi connectivity index (χ4n) is 1.88. The highest BCUT2D eigenvalue weighted by molar-refractivity contribution is 7.85. The zero-order chi connectivity index (χ0) is 16.5. The summed E-state index contributed by atoms with van der Waals surface area (Å²) in [5.41, 5.74) is 0.612. The summed E-state index contributed by atoms with van der Waals surface area (Å²) < 4.78 is 67.7. The van der Waals surface area contributed by atoms with Gasteiger partial charge in [-0.1, -0.05) is 30.3 Å². The molecule has 0 bridgehead atoms. The molecule has 0 radical (unpaired) electrons. The molecule has 4 unspecified atom stereocenters. The highest BCUT2D eigenvalue weighted by atomic mass is 32.3. The van der Waals surface area contributed by atoms with Gasteiger partial charge in [0.1, 0.15) is 18.3 Å². The third-order valence-corrected chi connectivity index (χ3v) is 5.51. The van der Waals surface area contributed by atoms with Crippen LogP contribution in [0.2, 0.25) is 0 Å². The molecule has 0 saturated carbocycles. The van der Waals surface area contributed by atoms with Gasteiger partial charge in [-0.15, -0.1) is 3.97 Å². The number of benzene rings is 1. The molecule has 0 aromatic heterocycles. The molecule has 3 rings (SSSR count). The minimum absolute atomic E-state index is 0.181. The second-order valence-electron chi connectivity index (χ2n) is 5.01. The first-order valence-electron chi connectivity index (χ1n) is 6.74. The Labute approximate surface area is 133 Å². The second-order valence-corrected chi connectivity index (χ2v) is 7.82. The van der Waals surface area contributed by atoms with Crippen LogP contribution in [0, 0.1) is 0 Å². The summed E-state index contributed by atoms with van der Waals surface area (Å²) in [4.78, 5) is 0. The van der Waals surface area contributed by atoms with Crippen LogP contribution in [0.15, 0.2) is 30.3 Å². The van der Waals surface area contributed by atoms with Crippen molar-refractivity contribution >= 4 is 18.2 Å². The number of hydrogen-bond acceptors (Lipinski definition) is 8. The highest BCUT2D eigenvalue weighted by Gasteiger charge is 2.44. The zero-order valence-electron chi connectivity index (χ0n) is 11.8. The van der Waals surface area contributed by atoms with Gasteiger partial charge in [0, 0.05) is 0 Å². The maximum atomic E-state index is 12.6. The predicted molar refractivity (Wildman–Crippen MR) is 75.9 cm³/mol. The van der Waals surface area contributed by atoms with Crippen molar-refractivity contribution in [3.8, 4) is 0 Å². The van der Waals surface area contributed by atoms with Crippen molar-refractivity contribution < 1.29 is 40.0 Å². The minimum atomic E-state index is -5.04. The Balaban J connectivity index is 1.78. The molecule has 9 nitrogen and oxygen atoms in total. The largest absolute Gasteiger partial charge is 0.492 e.